The van der Waals surface area contributed by atoms with Crippen molar-refractivity contribution in [1.82, 2.24) is 0 Å². The Morgan fingerprint density at radius 1 is 1.22 bits per heavy atom. The molecule has 0 radical (unpaired) electrons. The van der Waals surface area contributed by atoms with Gasteiger partial charge in [-0.3, -0.25) is 4.79 Å². The van der Waals surface area contributed by atoms with Gasteiger partial charge >= 0.3 is 0 Å². The molecule has 18 heavy (non-hydrogen) atoms. The second-order valence-corrected chi connectivity index (χ2v) is 5.35. The standard InChI is InChI=1S/C16H21FO/c1-2-5-12-8-10-13(11-9-12)16(18)14-6-3-4-7-15(14)17/h3-4,6-7,12-13H,2,5,8-11H2,1H3. The van der Waals surface area contributed by atoms with Crippen molar-refractivity contribution in [2.75, 3.05) is 0 Å². The number of halogens is 1. The average molecular weight is 248 g/mol. The highest BCUT2D eigenvalue weighted by Gasteiger charge is 2.27. The Bertz CT molecular complexity index is 405. The van der Waals surface area contributed by atoms with Gasteiger partial charge in [-0.15, -0.1) is 0 Å². The molecule has 2 rings (SSSR count). The van der Waals surface area contributed by atoms with Crippen molar-refractivity contribution < 1.29 is 9.18 Å². The van der Waals surface area contributed by atoms with Crippen LogP contribution in [0.3, 0.4) is 0 Å². The van der Waals surface area contributed by atoms with Crippen molar-refractivity contribution in [3.8, 4) is 0 Å². The van der Waals surface area contributed by atoms with Gasteiger partial charge in [-0.2, -0.15) is 0 Å². The van der Waals surface area contributed by atoms with Crippen molar-refractivity contribution in [3.05, 3.63) is 35.6 Å². The molecule has 0 heterocycles. The molecule has 1 nitrogen and oxygen atoms in total. The van der Waals surface area contributed by atoms with Gasteiger partial charge in [0.25, 0.3) is 0 Å². The first-order valence-corrected chi connectivity index (χ1v) is 7.01. The van der Waals surface area contributed by atoms with Gasteiger partial charge in [-0.25, -0.2) is 4.39 Å². The van der Waals surface area contributed by atoms with E-state index in [2.05, 4.69) is 6.92 Å². The summed E-state index contributed by atoms with van der Waals surface area (Å²) in [6, 6.07) is 6.34. The summed E-state index contributed by atoms with van der Waals surface area (Å²) in [6.07, 6.45) is 6.59. The lowest BCUT2D eigenvalue weighted by Crippen LogP contribution is -2.22. The van der Waals surface area contributed by atoms with Crippen LogP contribution in [0.4, 0.5) is 4.39 Å². The third-order valence-corrected chi connectivity index (χ3v) is 4.05. The normalized spacial score (nSPS) is 23.9. The van der Waals surface area contributed by atoms with Crippen molar-refractivity contribution in [1.29, 1.82) is 0 Å². The van der Waals surface area contributed by atoms with Crippen LogP contribution in [0.1, 0.15) is 55.8 Å². The zero-order valence-electron chi connectivity index (χ0n) is 11.0. The molecule has 0 saturated heterocycles. The van der Waals surface area contributed by atoms with E-state index in [9.17, 15) is 9.18 Å². The van der Waals surface area contributed by atoms with Crippen LogP contribution in [0, 0.1) is 17.7 Å². The molecular weight excluding hydrogens is 227 g/mol. The summed E-state index contributed by atoms with van der Waals surface area (Å²) in [5.74, 6) is 0.441. The third kappa shape index (κ3) is 2.98. The number of hydrogen-bond acceptors (Lipinski definition) is 1. The van der Waals surface area contributed by atoms with Gasteiger partial charge in [0.2, 0.25) is 0 Å². The van der Waals surface area contributed by atoms with Crippen LogP contribution in [0.5, 0.6) is 0 Å². The lowest BCUT2D eigenvalue weighted by Gasteiger charge is -2.27. The monoisotopic (exact) mass is 248 g/mol. The maximum Gasteiger partial charge on any atom is 0.168 e. The summed E-state index contributed by atoms with van der Waals surface area (Å²) in [7, 11) is 0. The second-order valence-electron chi connectivity index (χ2n) is 5.35. The van der Waals surface area contributed by atoms with Crippen LogP contribution in [-0.2, 0) is 0 Å². The highest BCUT2D eigenvalue weighted by atomic mass is 19.1. The SMILES string of the molecule is CCCC1CCC(C(=O)c2ccccc2F)CC1. The molecule has 2 heteroatoms. The predicted octanol–water partition coefficient (Wildman–Crippen LogP) is 4.61. The molecule has 1 fully saturated rings. The Morgan fingerprint density at radius 3 is 2.50 bits per heavy atom. The van der Waals surface area contributed by atoms with Crippen LogP contribution < -0.4 is 0 Å². The first-order valence-electron chi connectivity index (χ1n) is 7.01. The van der Waals surface area contributed by atoms with Crippen molar-refractivity contribution in [2.24, 2.45) is 11.8 Å². The number of hydrogen-bond donors (Lipinski definition) is 0. The Hall–Kier alpha value is -1.18. The summed E-state index contributed by atoms with van der Waals surface area (Å²) < 4.78 is 13.6. The first-order chi connectivity index (χ1) is 8.72. The van der Waals surface area contributed by atoms with Gasteiger partial charge in [-0.05, 0) is 43.7 Å². The Labute approximate surface area is 108 Å². The minimum atomic E-state index is -0.377. The van der Waals surface area contributed by atoms with E-state index in [0.29, 0.717) is 0 Å². The van der Waals surface area contributed by atoms with E-state index >= 15 is 0 Å². The summed E-state index contributed by atoms with van der Waals surface area (Å²) in [5, 5.41) is 0. The molecule has 1 aromatic carbocycles. The molecule has 0 aliphatic heterocycles. The first kappa shape index (κ1) is 13.3. The summed E-state index contributed by atoms with van der Waals surface area (Å²) in [5.41, 5.74) is 0.274. The Balaban J connectivity index is 1.98. The van der Waals surface area contributed by atoms with E-state index < -0.39 is 0 Å². The zero-order valence-corrected chi connectivity index (χ0v) is 11.0. The van der Waals surface area contributed by atoms with Gasteiger partial charge in [-0.1, -0.05) is 31.9 Å². The number of rotatable bonds is 4. The van der Waals surface area contributed by atoms with E-state index in [-0.39, 0.29) is 23.1 Å². The molecule has 0 atom stereocenters. The molecule has 1 aliphatic rings. The molecule has 0 N–H and O–H groups in total. The fourth-order valence-corrected chi connectivity index (χ4v) is 3.00. The minimum Gasteiger partial charge on any atom is -0.294 e. The number of benzene rings is 1. The molecule has 0 bridgehead atoms. The van der Waals surface area contributed by atoms with Gasteiger partial charge < -0.3 is 0 Å². The van der Waals surface area contributed by atoms with Gasteiger partial charge in [0.1, 0.15) is 5.82 Å². The molecule has 0 amide bonds. The quantitative estimate of drug-likeness (QED) is 0.711. The summed E-state index contributed by atoms with van der Waals surface area (Å²) in [6.45, 7) is 2.20. The Morgan fingerprint density at radius 2 is 1.89 bits per heavy atom. The van der Waals surface area contributed by atoms with E-state index in [1.807, 2.05) is 0 Å². The zero-order chi connectivity index (χ0) is 13.0. The van der Waals surface area contributed by atoms with Crippen LogP contribution >= 0.6 is 0 Å². The molecule has 1 aromatic rings. The van der Waals surface area contributed by atoms with E-state index in [0.717, 1.165) is 31.6 Å². The summed E-state index contributed by atoms with van der Waals surface area (Å²) >= 11 is 0. The molecular formula is C16H21FO. The minimum absolute atomic E-state index is 0.00282. The predicted molar refractivity (Wildman–Crippen MR) is 71.1 cm³/mol. The second kappa shape index (κ2) is 6.12. The molecule has 0 unspecified atom stereocenters. The van der Waals surface area contributed by atoms with Gasteiger partial charge in [0.05, 0.1) is 5.56 Å². The lowest BCUT2D eigenvalue weighted by atomic mass is 9.77. The van der Waals surface area contributed by atoms with Crippen LogP contribution in [0.15, 0.2) is 24.3 Å². The highest BCUT2D eigenvalue weighted by molar-refractivity contribution is 5.98. The molecule has 1 aliphatic carbocycles. The fourth-order valence-electron chi connectivity index (χ4n) is 3.00. The van der Waals surface area contributed by atoms with Gasteiger partial charge in [0, 0.05) is 5.92 Å². The smallest absolute Gasteiger partial charge is 0.168 e. The van der Waals surface area contributed by atoms with Crippen molar-refractivity contribution >= 4 is 5.78 Å². The molecule has 0 spiro atoms. The maximum atomic E-state index is 13.6. The number of Topliss-reactive ketones (excluding diaryl/α,β-unsaturated/α-hetero) is 1. The summed E-state index contributed by atoms with van der Waals surface area (Å²) in [4.78, 5) is 12.2. The average Bonchev–Trinajstić information content (AvgIpc) is 2.40. The molecule has 1 saturated carbocycles. The largest absolute Gasteiger partial charge is 0.294 e. The van der Waals surface area contributed by atoms with E-state index in [1.165, 1.54) is 18.9 Å². The topological polar surface area (TPSA) is 17.1 Å². The number of ketones is 1. The Kier molecular flexibility index (Phi) is 4.51. The van der Waals surface area contributed by atoms with E-state index in [4.69, 9.17) is 0 Å². The van der Waals surface area contributed by atoms with Crippen molar-refractivity contribution in [2.45, 2.75) is 45.4 Å². The fraction of sp³-hybridized carbons (Fsp3) is 0.562. The number of carbonyl (C=O) groups is 1. The molecule has 98 valence electrons. The van der Waals surface area contributed by atoms with Crippen molar-refractivity contribution in [3.63, 3.8) is 0 Å². The molecule has 0 aromatic heterocycles. The lowest BCUT2D eigenvalue weighted by molar-refractivity contribution is 0.0865. The van der Waals surface area contributed by atoms with Crippen LogP contribution in [0.25, 0.3) is 0 Å². The van der Waals surface area contributed by atoms with Gasteiger partial charge in [0.15, 0.2) is 5.78 Å². The highest BCUT2D eigenvalue weighted by Crippen LogP contribution is 2.33. The third-order valence-electron chi connectivity index (χ3n) is 4.05. The van der Waals surface area contributed by atoms with Crippen LogP contribution in [0.2, 0.25) is 0 Å². The van der Waals surface area contributed by atoms with E-state index in [1.54, 1.807) is 18.2 Å². The van der Waals surface area contributed by atoms with Crippen LogP contribution in [-0.4, -0.2) is 5.78 Å². The number of carbonyl (C=O) groups excluding carboxylic acids is 1. The maximum absolute atomic E-state index is 13.6.